The number of amides is 2. The van der Waals surface area contributed by atoms with Crippen LogP contribution in [0.4, 0.5) is 4.39 Å². The fourth-order valence-electron chi connectivity index (χ4n) is 4.43. The van der Waals surface area contributed by atoms with Crippen molar-refractivity contribution in [3.05, 3.63) is 58.9 Å². The Morgan fingerprint density at radius 1 is 1.19 bits per heavy atom. The Morgan fingerprint density at radius 3 is 2.62 bits per heavy atom. The summed E-state index contributed by atoms with van der Waals surface area (Å²) in [6, 6.07) is 5.92. The average Bonchev–Trinajstić information content (AvgIpc) is 3.28. The highest BCUT2D eigenvalue weighted by molar-refractivity contribution is 5.95. The average molecular weight is 441 g/mol. The van der Waals surface area contributed by atoms with E-state index in [1.54, 1.807) is 35.1 Å². The molecule has 1 aromatic carbocycles. The first-order valence-corrected chi connectivity index (χ1v) is 11.1. The molecule has 4 rings (SSSR count). The van der Waals surface area contributed by atoms with Crippen molar-refractivity contribution in [3.8, 4) is 0 Å². The zero-order valence-electron chi connectivity index (χ0n) is 18.8. The highest BCUT2D eigenvalue weighted by Gasteiger charge is 2.40. The summed E-state index contributed by atoms with van der Waals surface area (Å²) in [5.41, 5.74) is 0.838. The Kier molecular flexibility index (Phi) is 6.24. The number of morpholine rings is 1. The Labute approximate surface area is 187 Å². The molecule has 0 saturated carbocycles. The molecule has 2 aliphatic rings. The molecule has 0 radical (unpaired) electrons. The van der Waals surface area contributed by atoms with Crippen LogP contribution in [0.2, 0.25) is 0 Å². The van der Waals surface area contributed by atoms with Crippen molar-refractivity contribution in [2.45, 2.75) is 45.1 Å². The van der Waals surface area contributed by atoms with Crippen LogP contribution in [-0.2, 0) is 14.9 Å². The molecule has 1 aromatic heterocycles. The summed E-state index contributed by atoms with van der Waals surface area (Å²) in [5, 5.41) is 0. The number of aromatic nitrogens is 2. The number of benzene rings is 1. The molecule has 7 nitrogen and oxygen atoms in total. The topological polar surface area (TPSA) is 75.6 Å². The van der Waals surface area contributed by atoms with Gasteiger partial charge in [-0.2, -0.15) is 0 Å². The molecule has 0 N–H and O–H groups in total. The third-order valence-corrected chi connectivity index (χ3v) is 6.42. The maximum absolute atomic E-state index is 13.8. The SMILES string of the molecule is Cc1nc([C@@H]2CCCN2C(=O)C(C)(C)c2cccc(F)c2)ncc1C(=O)N1CCOCC1. The number of likely N-dealkylation sites (tertiary alicyclic amines) is 1. The van der Waals surface area contributed by atoms with Gasteiger partial charge in [-0.1, -0.05) is 12.1 Å². The lowest BCUT2D eigenvalue weighted by molar-refractivity contribution is -0.137. The largest absolute Gasteiger partial charge is 0.378 e. The van der Waals surface area contributed by atoms with Gasteiger partial charge in [-0.3, -0.25) is 9.59 Å². The number of aryl methyl sites for hydroxylation is 1. The van der Waals surface area contributed by atoms with Gasteiger partial charge in [0, 0.05) is 25.8 Å². The Hall–Kier alpha value is -2.87. The van der Waals surface area contributed by atoms with Crippen molar-refractivity contribution in [1.82, 2.24) is 19.8 Å². The second-order valence-electron chi connectivity index (χ2n) is 8.92. The zero-order chi connectivity index (χ0) is 22.9. The normalized spacial score (nSPS) is 19.3. The number of halogens is 1. The lowest BCUT2D eigenvalue weighted by Crippen LogP contribution is -2.43. The first-order chi connectivity index (χ1) is 15.3. The number of nitrogens with zero attached hydrogens (tertiary/aromatic N) is 4. The molecule has 2 saturated heterocycles. The van der Waals surface area contributed by atoms with Crippen molar-refractivity contribution < 1.29 is 18.7 Å². The van der Waals surface area contributed by atoms with Crippen molar-refractivity contribution >= 4 is 11.8 Å². The third-order valence-electron chi connectivity index (χ3n) is 6.42. The molecule has 2 amide bonds. The van der Waals surface area contributed by atoms with Crippen LogP contribution < -0.4 is 0 Å². The summed E-state index contributed by atoms with van der Waals surface area (Å²) in [5.74, 6) is 0.00649. The lowest BCUT2D eigenvalue weighted by atomic mass is 9.83. The molecule has 0 bridgehead atoms. The van der Waals surface area contributed by atoms with Crippen molar-refractivity contribution in [2.24, 2.45) is 0 Å². The van der Waals surface area contributed by atoms with Gasteiger partial charge < -0.3 is 14.5 Å². The van der Waals surface area contributed by atoms with E-state index in [0.717, 1.165) is 12.8 Å². The van der Waals surface area contributed by atoms with E-state index >= 15 is 0 Å². The summed E-state index contributed by atoms with van der Waals surface area (Å²) in [4.78, 5) is 39.0. The van der Waals surface area contributed by atoms with Crippen LogP contribution in [-0.4, -0.2) is 64.4 Å². The molecule has 2 fully saturated rings. The Balaban J connectivity index is 1.56. The van der Waals surface area contributed by atoms with Crippen molar-refractivity contribution in [2.75, 3.05) is 32.8 Å². The second kappa shape index (κ2) is 8.94. The zero-order valence-corrected chi connectivity index (χ0v) is 18.8. The van der Waals surface area contributed by atoms with Gasteiger partial charge in [0.05, 0.1) is 35.9 Å². The molecule has 0 spiro atoms. The molecule has 0 unspecified atom stereocenters. The summed E-state index contributed by atoms with van der Waals surface area (Å²) in [6.07, 6.45) is 3.17. The minimum atomic E-state index is -0.883. The fraction of sp³-hybridized carbons (Fsp3) is 0.500. The highest BCUT2D eigenvalue weighted by Crippen LogP contribution is 2.36. The van der Waals surface area contributed by atoms with Gasteiger partial charge >= 0.3 is 0 Å². The van der Waals surface area contributed by atoms with Crippen LogP contribution >= 0.6 is 0 Å². The number of carbonyl (C=O) groups is 2. The molecule has 8 heteroatoms. The van der Waals surface area contributed by atoms with Crippen LogP contribution in [0.3, 0.4) is 0 Å². The van der Waals surface area contributed by atoms with Crippen LogP contribution in [0.25, 0.3) is 0 Å². The van der Waals surface area contributed by atoms with Gasteiger partial charge in [-0.15, -0.1) is 0 Å². The molecular weight excluding hydrogens is 411 g/mol. The minimum absolute atomic E-state index is 0.0830. The van der Waals surface area contributed by atoms with E-state index in [9.17, 15) is 14.0 Å². The van der Waals surface area contributed by atoms with Gasteiger partial charge in [-0.05, 0) is 51.3 Å². The Morgan fingerprint density at radius 2 is 1.94 bits per heavy atom. The summed E-state index contributed by atoms with van der Waals surface area (Å²) < 4.78 is 19.1. The van der Waals surface area contributed by atoms with Crippen molar-refractivity contribution in [3.63, 3.8) is 0 Å². The lowest BCUT2D eigenvalue weighted by Gasteiger charge is -2.33. The van der Waals surface area contributed by atoms with Gasteiger partial charge in [0.15, 0.2) is 5.82 Å². The molecule has 0 aliphatic carbocycles. The van der Waals surface area contributed by atoms with E-state index in [0.29, 0.717) is 55.5 Å². The second-order valence-corrected chi connectivity index (χ2v) is 8.92. The smallest absolute Gasteiger partial charge is 0.257 e. The van der Waals surface area contributed by atoms with E-state index in [-0.39, 0.29) is 23.7 Å². The molecule has 170 valence electrons. The van der Waals surface area contributed by atoms with Crippen LogP contribution in [0, 0.1) is 12.7 Å². The monoisotopic (exact) mass is 440 g/mol. The Bertz CT molecular complexity index is 1020. The molecule has 2 aromatic rings. The molecule has 1 atom stereocenters. The standard InChI is InChI=1S/C24H29FN4O3/c1-16-19(22(30)28-10-12-32-13-11-28)15-26-21(27-16)20-8-5-9-29(20)23(31)24(2,3)17-6-4-7-18(25)14-17/h4,6-7,14-15,20H,5,8-13H2,1-3H3/t20-/m0/s1. The van der Waals surface area contributed by atoms with E-state index in [1.807, 2.05) is 13.8 Å². The van der Waals surface area contributed by atoms with Crippen molar-refractivity contribution in [1.29, 1.82) is 0 Å². The first kappa shape index (κ1) is 22.3. The predicted molar refractivity (Wildman–Crippen MR) is 117 cm³/mol. The molecular formula is C24H29FN4O3. The first-order valence-electron chi connectivity index (χ1n) is 11.1. The van der Waals surface area contributed by atoms with Gasteiger partial charge in [0.2, 0.25) is 5.91 Å². The van der Waals surface area contributed by atoms with Gasteiger partial charge in [0.1, 0.15) is 5.82 Å². The maximum Gasteiger partial charge on any atom is 0.257 e. The number of hydrogen-bond donors (Lipinski definition) is 0. The van der Waals surface area contributed by atoms with E-state index in [4.69, 9.17) is 4.74 Å². The van der Waals surface area contributed by atoms with Crippen LogP contribution in [0.1, 0.15) is 60.2 Å². The van der Waals surface area contributed by atoms with E-state index in [1.165, 1.54) is 12.1 Å². The predicted octanol–water partition coefficient (Wildman–Crippen LogP) is 3.04. The van der Waals surface area contributed by atoms with Gasteiger partial charge in [-0.25, -0.2) is 14.4 Å². The van der Waals surface area contributed by atoms with Crippen LogP contribution in [0.5, 0.6) is 0 Å². The number of hydrogen-bond acceptors (Lipinski definition) is 5. The summed E-state index contributed by atoms with van der Waals surface area (Å²) in [6.45, 7) is 8.20. The molecule has 3 heterocycles. The molecule has 32 heavy (non-hydrogen) atoms. The summed E-state index contributed by atoms with van der Waals surface area (Å²) >= 11 is 0. The van der Waals surface area contributed by atoms with E-state index < -0.39 is 5.41 Å². The third kappa shape index (κ3) is 4.24. The van der Waals surface area contributed by atoms with Crippen LogP contribution in [0.15, 0.2) is 30.5 Å². The highest BCUT2D eigenvalue weighted by atomic mass is 19.1. The number of rotatable bonds is 4. The van der Waals surface area contributed by atoms with E-state index in [2.05, 4.69) is 9.97 Å². The minimum Gasteiger partial charge on any atom is -0.378 e. The fourth-order valence-corrected chi connectivity index (χ4v) is 4.43. The molecule has 2 aliphatic heterocycles. The number of ether oxygens (including phenoxy) is 1. The van der Waals surface area contributed by atoms with Gasteiger partial charge in [0.25, 0.3) is 5.91 Å². The number of carbonyl (C=O) groups excluding carboxylic acids is 2. The quantitative estimate of drug-likeness (QED) is 0.731. The maximum atomic E-state index is 13.8. The summed E-state index contributed by atoms with van der Waals surface area (Å²) in [7, 11) is 0.